The fourth-order valence-electron chi connectivity index (χ4n) is 2.92. The molecule has 0 aromatic rings. The number of carbonyl (C=O) groups is 2. The van der Waals surface area contributed by atoms with Gasteiger partial charge in [0.25, 0.3) is 0 Å². The molecule has 78 valence electrons. The van der Waals surface area contributed by atoms with Crippen molar-refractivity contribution < 1.29 is 14.3 Å². The van der Waals surface area contributed by atoms with Gasteiger partial charge in [0.1, 0.15) is 5.78 Å². The third-order valence-corrected chi connectivity index (χ3v) is 3.66. The Hall–Kier alpha value is -0.860. The number of ether oxygens (including phenoxy) is 1. The van der Waals surface area contributed by atoms with Gasteiger partial charge in [-0.1, -0.05) is 0 Å². The quantitative estimate of drug-likeness (QED) is 0.598. The standard InChI is InChI=1S/C11H16O3/c1-14-11(13)9-4-7-2-3-10(12)6-8(7)5-9/h7-9H,2-6H2,1H3/t7-,8-,9+/m0/s1. The van der Waals surface area contributed by atoms with E-state index in [9.17, 15) is 9.59 Å². The number of Topliss-reactive ketones (excluding diaryl/α,β-unsaturated/α-hetero) is 1. The van der Waals surface area contributed by atoms with Crippen LogP contribution in [0, 0.1) is 17.8 Å². The normalized spacial score (nSPS) is 36.6. The van der Waals surface area contributed by atoms with Crippen molar-refractivity contribution in [2.24, 2.45) is 17.8 Å². The molecule has 2 saturated carbocycles. The minimum Gasteiger partial charge on any atom is -0.469 e. The van der Waals surface area contributed by atoms with Crippen LogP contribution in [-0.2, 0) is 14.3 Å². The maximum Gasteiger partial charge on any atom is 0.308 e. The van der Waals surface area contributed by atoms with Crippen LogP contribution in [0.2, 0.25) is 0 Å². The van der Waals surface area contributed by atoms with Gasteiger partial charge in [-0.3, -0.25) is 9.59 Å². The molecule has 3 nitrogen and oxygen atoms in total. The molecule has 0 unspecified atom stereocenters. The Morgan fingerprint density at radius 1 is 1.36 bits per heavy atom. The van der Waals surface area contributed by atoms with Gasteiger partial charge in [-0.25, -0.2) is 0 Å². The van der Waals surface area contributed by atoms with Crippen LogP contribution < -0.4 is 0 Å². The van der Waals surface area contributed by atoms with Gasteiger partial charge in [-0.05, 0) is 31.1 Å². The molecule has 2 rings (SSSR count). The van der Waals surface area contributed by atoms with Gasteiger partial charge in [-0.15, -0.1) is 0 Å². The lowest BCUT2D eigenvalue weighted by Crippen LogP contribution is -2.20. The maximum atomic E-state index is 11.3. The Morgan fingerprint density at radius 3 is 2.79 bits per heavy atom. The summed E-state index contributed by atoms with van der Waals surface area (Å²) in [4.78, 5) is 22.6. The summed E-state index contributed by atoms with van der Waals surface area (Å²) in [6.45, 7) is 0. The van der Waals surface area contributed by atoms with Crippen molar-refractivity contribution in [1.29, 1.82) is 0 Å². The highest BCUT2D eigenvalue weighted by Gasteiger charge is 2.41. The van der Waals surface area contributed by atoms with Crippen LogP contribution in [0.25, 0.3) is 0 Å². The molecule has 0 aromatic heterocycles. The number of methoxy groups -OCH3 is 1. The summed E-state index contributed by atoms with van der Waals surface area (Å²) in [7, 11) is 1.44. The van der Waals surface area contributed by atoms with E-state index in [2.05, 4.69) is 0 Å². The third kappa shape index (κ3) is 1.68. The predicted molar refractivity (Wildman–Crippen MR) is 50.6 cm³/mol. The van der Waals surface area contributed by atoms with Gasteiger partial charge in [0.15, 0.2) is 0 Å². The fraction of sp³-hybridized carbons (Fsp3) is 0.818. The van der Waals surface area contributed by atoms with Gasteiger partial charge in [0, 0.05) is 12.8 Å². The number of carbonyl (C=O) groups excluding carboxylic acids is 2. The summed E-state index contributed by atoms with van der Waals surface area (Å²) in [5, 5.41) is 0. The van der Waals surface area contributed by atoms with E-state index in [0.717, 1.165) is 25.7 Å². The van der Waals surface area contributed by atoms with Crippen molar-refractivity contribution >= 4 is 11.8 Å². The molecular weight excluding hydrogens is 180 g/mol. The molecule has 0 spiro atoms. The van der Waals surface area contributed by atoms with Gasteiger partial charge < -0.3 is 4.74 Å². The molecule has 2 aliphatic carbocycles. The van der Waals surface area contributed by atoms with Crippen molar-refractivity contribution in [3.8, 4) is 0 Å². The Kier molecular flexibility index (Phi) is 2.57. The molecule has 0 heterocycles. The molecule has 0 bridgehead atoms. The van der Waals surface area contributed by atoms with Crippen molar-refractivity contribution in [2.75, 3.05) is 7.11 Å². The second-order valence-electron chi connectivity index (χ2n) is 4.49. The smallest absolute Gasteiger partial charge is 0.308 e. The lowest BCUT2D eigenvalue weighted by atomic mass is 9.81. The Balaban J connectivity index is 1.98. The minimum atomic E-state index is -0.0909. The number of ketones is 1. The molecule has 0 aromatic carbocycles. The molecular formula is C11H16O3. The number of fused-ring (bicyclic) bond motifs is 1. The van der Waals surface area contributed by atoms with Crippen LogP contribution in [-0.4, -0.2) is 18.9 Å². The Bertz CT molecular complexity index is 259. The van der Waals surface area contributed by atoms with E-state index in [1.54, 1.807) is 0 Å². The van der Waals surface area contributed by atoms with Crippen LogP contribution in [0.4, 0.5) is 0 Å². The van der Waals surface area contributed by atoms with Crippen LogP contribution in [0.5, 0.6) is 0 Å². The fourth-order valence-corrected chi connectivity index (χ4v) is 2.92. The Labute approximate surface area is 83.8 Å². The molecule has 0 radical (unpaired) electrons. The second kappa shape index (κ2) is 3.71. The van der Waals surface area contributed by atoms with E-state index in [1.165, 1.54) is 7.11 Å². The highest BCUT2D eigenvalue weighted by Crippen LogP contribution is 2.44. The molecule has 14 heavy (non-hydrogen) atoms. The van der Waals surface area contributed by atoms with E-state index in [0.29, 0.717) is 24.0 Å². The van der Waals surface area contributed by atoms with Gasteiger partial charge in [0.2, 0.25) is 0 Å². The molecule has 0 saturated heterocycles. The largest absolute Gasteiger partial charge is 0.469 e. The summed E-state index contributed by atoms with van der Waals surface area (Å²) in [6, 6.07) is 0. The first-order chi connectivity index (χ1) is 6.70. The third-order valence-electron chi connectivity index (χ3n) is 3.66. The van der Waals surface area contributed by atoms with Crippen LogP contribution in [0.3, 0.4) is 0 Å². The number of esters is 1. The minimum absolute atomic E-state index is 0.0564. The maximum absolute atomic E-state index is 11.3. The second-order valence-corrected chi connectivity index (χ2v) is 4.49. The highest BCUT2D eigenvalue weighted by atomic mass is 16.5. The highest BCUT2D eigenvalue weighted by molar-refractivity contribution is 5.80. The average molecular weight is 196 g/mol. The van der Waals surface area contributed by atoms with E-state index in [1.807, 2.05) is 0 Å². The first-order valence-corrected chi connectivity index (χ1v) is 5.30. The van der Waals surface area contributed by atoms with Gasteiger partial charge >= 0.3 is 5.97 Å². The van der Waals surface area contributed by atoms with Gasteiger partial charge in [-0.2, -0.15) is 0 Å². The summed E-state index contributed by atoms with van der Waals surface area (Å²) in [5.41, 5.74) is 0. The molecule has 0 amide bonds. The van der Waals surface area contributed by atoms with E-state index < -0.39 is 0 Å². The van der Waals surface area contributed by atoms with E-state index in [4.69, 9.17) is 4.74 Å². The summed E-state index contributed by atoms with van der Waals surface area (Å²) < 4.78 is 4.74. The van der Waals surface area contributed by atoms with Crippen molar-refractivity contribution in [3.63, 3.8) is 0 Å². The van der Waals surface area contributed by atoms with Crippen LogP contribution >= 0.6 is 0 Å². The average Bonchev–Trinajstić information content (AvgIpc) is 2.59. The number of hydrogen-bond acceptors (Lipinski definition) is 3. The zero-order valence-electron chi connectivity index (χ0n) is 8.49. The molecule has 3 heteroatoms. The van der Waals surface area contributed by atoms with Crippen LogP contribution in [0.1, 0.15) is 32.1 Å². The molecule has 2 aliphatic rings. The Morgan fingerprint density at radius 2 is 2.07 bits per heavy atom. The molecule has 3 atom stereocenters. The number of rotatable bonds is 1. The zero-order valence-corrected chi connectivity index (χ0v) is 8.49. The van der Waals surface area contributed by atoms with Crippen molar-refractivity contribution in [2.45, 2.75) is 32.1 Å². The molecule has 0 N–H and O–H groups in total. The van der Waals surface area contributed by atoms with Crippen LogP contribution in [0.15, 0.2) is 0 Å². The van der Waals surface area contributed by atoms with Crippen molar-refractivity contribution in [3.05, 3.63) is 0 Å². The summed E-state index contributed by atoms with van der Waals surface area (Å²) in [6.07, 6.45) is 4.19. The van der Waals surface area contributed by atoms with Crippen molar-refractivity contribution in [1.82, 2.24) is 0 Å². The number of hydrogen-bond donors (Lipinski definition) is 0. The van der Waals surface area contributed by atoms with E-state index in [-0.39, 0.29) is 11.9 Å². The summed E-state index contributed by atoms with van der Waals surface area (Å²) >= 11 is 0. The van der Waals surface area contributed by atoms with Gasteiger partial charge in [0.05, 0.1) is 13.0 Å². The first-order valence-electron chi connectivity index (χ1n) is 5.30. The SMILES string of the molecule is COC(=O)[C@H]1C[C@H]2CC(=O)CC[C@H]2C1. The molecule has 0 aliphatic heterocycles. The zero-order chi connectivity index (χ0) is 10.1. The topological polar surface area (TPSA) is 43.4 Å². The predicted octanol–water partition coefficient (Wildman–Crippen LogP) is 1.55. The lowest BCUT2D eigenvalue weighted by Gasteiger charge is -2.23. The first kappa shape index (κ1) is 9.69. The van der Waals surface area contributed by atoms with E-state index >= 15 is 0 Å². The molecule has 2 fully saturated rings. The summed E-state index contributed by atoms with van der Waals surface area (Å²) in [5.74, 6) is 1.39. The monoisotopic (exact) mass is 196 g/mol. The lowest BCUT2D eigenvalue weighted by molar-refractivity contribution is -0.145.